The van der Waals surface area contributed by atoms with Gasteiger partial charge < -0.3 is 9.84 Å². The number of fused-ring (bicyclic) bond motifs is 1. The average molecular weight is 335 g/mol. The van der Waals surface area contributed by atoms with Gasteiger partial charge in [-0.05, 0) is 52.4 Å². The molecule has 1 saturated carbocycles. The van der Waals surface area contributed by atoms with Crippen molar-refractivity contribution in [1.82, 2.24) is 15.1 Å². The van der Waals surface area contributed by atoms with Gasteiger partial charge in [0.25, 0.3) is 0 Å². The van der Waals surface area contributed by atoms with Crippen molar-refractivity contribution in [2.75, 3.05) is 6.61 Å². The highest BCUT2D eigenvalue weighted by molar-refractivity contribution is 5.87. The average Bonchev–Trinajstić information content (AvgIpc) is 2.89. The second kappa shape index (κ2) is 6.55. The summed E-state index contributed by atoms with van der Waals surface area (Å²) in [4.78, 5) is 23.8. The van der Waals surface area contributed by atoms with Gasteiger partial charge in [-0.15, -0.1) is 0 Å². The second-order valence-corrected chi connectivity index (χ2v) is 6.63. The Kier molecular flexibility index (Phi) is 4.62. The highest BCUT2D eigenvalue weighted by atomic mass is 16.5. The monoisotopic (exact) mass is 335 g/mol. The largest absolute Gasteiger partial charge is 0.476 e. The maximum absolute atomic E-state index is 12.3. The molecule has 1 atom stereocenters. The fraction of sp³-hybridized carbons (Fsp3) is 0.706. The van der Waals surface area contributed by atoms with Crippen LogP contribution in [-0.4, -0.2) is 45.0 Å². The van der Waals surface area contributed by atoms with E-state index in [2.05, 4.69) is 10.4 Å². The Bertz CT molecular complexity index is 649. The number of carbonyl (C=O) groups excluding carboxylic acids is 1. The molecule has 132 valence electrons. The first-order valence-electron chi connectivity index (χ1n) is 8.77. The standard InChI is InChI=1S/C17H25N3O4/c1-3-20-13-7-6-11(10-12(13)14(19-20)15(21)22)18-17(8-5-9-17)16(23)24-4-2/h11,18H,3-10H2,1-2H3,(H,21,22)/t11-/m1/s1. The van der Waals surface area contributed by atoms with Crippen LogP contribution in [0.2, 0.25) is 0 Å². The Morgan fingerprint density at radius 1 is 1.42 bits per heavy atom. The quantitative estimate of drug-likeness (QED) is 0.766. The summed E-state index contributed by atoms with van der Waals surface area (Å²) in [6.07, 6.45) is 4.83. The van der Waals surface area contributed by atoms with Crippen LogP contribution in [0.25, 0.3) is 0 Å². The molecule has 24 heavy (non-hydrogen) atoms. The van der Waals surface area contributed by atoms with Gasteiger partial charge in [-0.1, -0.05) is 0 Å². The lowest BCUT2D eigenvalue weighted by molar-refractivity contribution is -0.155. The van der Waals surface area contributed by atoms with Crippen LogP contribution in [-0.2, 0) is 28.9 Å². The molecule has 0 aliphatic heterocycles. The topological polar surface area (TPSA) is 93.4 Å². The lowest BCUT2D eigenvalue weighted by Gasteiger charge is -2.43. The minimum absolute atomic E-state index is 0.0785. The number of aryl methyl sites for hydroxylation is 1. The van der Waals surface area contributed by atoms with Crippen molar-refractivity contribution >= 4 is 11.9 Å². The van der Waals surface area contributed by atoms with E-state index in [0.29, 0.717) is 19.6 Å². The lowest BCUT2D eigenvalue weighted by Crippen LogP contribution is -2.61. The fourth-order valence-corrected chi connectivity index (χ4v) is 3.84. The van der Waals surface area contributed by atoms with E-state index in [4.69, 9.17) is 4.74 Å². The molecular formula is C17H25N3O4. The first kappa shape index (κ1) is 17.0. The van der Waals surface area contributed by atoms with Crippen molar-refractivity contribution in [3.8, 4) is 0 Å². The molecule has 0 radical (unpaired) electrons. The minimum atomic E-state index is -0.983. The molecule has 0 amide bonds. The molecule has 2 aliphatic carbocycles. The molecule has 7 heteroatoms. The third kappa shape index (κ3) is 2.81. The first-order valence-corrected chi connectivity index (χ1v) is 8.77. The molecule has 2 aliphatic rings. The number of rotatable bonds is 6. The Morgan fingerprint density at radius 3 is 2.71 bits per heavy atom. The van der Waals surface area contributed by atoms with Crippen molar-refractivity contribution < 1.29 is 19.4 Å². The van der Waals surface area contributed by atoms with Gasteiger partial charge >= 0.3 is 11.9 Å². The molecule has 3 rings (SSSR count). The van der Waals surface area contributed by atoms with Crippen LogP contribution in [0.1, 0.15) is 61.3 Å². The number of hydrogen-bond donors (Lipinski definition) is 2. The molecule has 0 bridgehead atoms. The smallest absolute Gasteiger partial charge is 0.356 e. The molecule has 1 fully saturated rings. The number of hydrogen-bond acceptors (Lipinski definition) is 5. The molecule has 0 saturated heterocycles. The minimum Gasteiger partial charge on any atom is -0.476 e. The number of carboxylic acid groups (broad SMARTS) is 1. The number of aromatic carboxylic acids is 1. The van der Waals surface area contributed by atoms with E-state index in [-0.39, 0.29) is 17.7 Å². The molecule has 1 aromatic rings. The highest BCUT2D eigenvalue weighted by Gasteiger charge is 2.47. The summed E-state index contributed by atoms with van der Waals surface area (Å²) in [7, 11) is 0. The second-order valence-electron chi connectivity index (χ2n) is 6.63. The molecule has 1 aromatic heterocycles. The fourth-order valence-electron chi connectivity index (χ4n) is 3.84. The predicted molar refractivity (Wildman–Crippen MR) is 87.0 cm³/mol. The van der Waals surface area contributed by atoms with Crippen molar-refractivity contribution in [3.63, 3.8) is 0 Å². The first-order chi connectivity index (χ1) is 11.5. The summed E-state index contributed by atoms with van der Waals surface area (Å²) < 4.78 is 7.02. The third-order valence-electron chi connectivity index (χ3n) is 5.20. The summed E-state index contributed by atoms with van der Waals surface area (Å²) in [5, 5.41) is 17.1. The van der Waals surface area contributed by atoms with Crippen LogP contribution < -0.4 is 5.32 Å². The third-order valence-corrected chi connectivity index (χ3v) is 5.20. The number of carbonyl (C=O) groups is 2. The number of esters is 1. The normalized spacial score (nSPS) is 21.7. The zero-order chi connectivity index (χ0) is 17.3. The lowest BCUT2D eigenvalue weighted by atomic mass is 9.75. The van der Waals surface area contributed by atoms with Gasteiger partial charge in [0.2, 0.25) is 0 Å². The molecular weight excluding hydrogens is 310 g/mol. The van der Waals surface area contributed by atoms with E-state index in [9.17, 15) is 14.7 Å². The van der Waals surface area contributed by atoms with Gasteiger partial charge in [-0.3, -0.25) is 14.8 Å². The summed E-state index contributed by atoms with van der Waals surface area (Å²) in [5.41, 5.74) is 1.40. The van der Waals surface area contributed by atoms with E-state index in [0.717, 1.165) is 43.4 Å². The zero-order valence-corrected chi connectivity index (χ0v) is 14.3. The maximum Gasteiger partial charge on any atom is 0.356 e. The molecule has 0 spiro atoms. The predicted octanol–water partition coefficient (Wildman–Crippen LogP) is 1.53. The number of nitrogens with one attached hydrogen (secondary N) is 1. The van der Waals surface area contributed by atoms with Crippen molar-refractivity contribution in [2.24, 2.45) is 0 Å². The van der Waals surface area contributed by atoms with Gasteiger partial charge in [0.05, 0.1) is 6.61 Å². The number of aromatic nitrogens is 2. The Balaban J connectivity index is 1.78. The van der Waals surface area contributed by atoms with E-state index >= 15 is 0 Å². The van der Waals surface area contributed by atoms with Gasteiger partial charge in [0.1, 0.15) is 5.54 Å². The summed E-state index contributed by atoms with van der Waals surface area (Å²) >= 11 is 0. The zero-order valence-electron chi connectivity index (χ0n) is 14.3. The number of ether oxygens (including phenoxy) is 1. The van der Waals surface area contributed by atoms with Gasteiger partial charge in [-0.25, -0.2) is 4.79 Å². The van der Waals surface area contributed by atoms with Crippen LogP contribution >= 0.6 is 0 Å². The van der Waals surface area contributed by atoms with E-state index in [1.165, 1.54) is 0 Å². The van der Waals surface area contributed by atoms with E-state index in [1.54, 1.807) is 4.68 Å². The summed E-state index contributed by atoms with van der Waals surface area (Å²) in [5.74, 6) is -1.16. The van der Waals surface area contributed by atoms with E-state index < -0.39 is 11.5 Å². The van der Waals surface area contributed by atoms with Gasteiger partial charge in [0.15, 0.2) is 5.69 Å². The van der Waals surface area contributed by atoms with Crippen LogP contribution in [0.4, 0.5) is 0 Å². The Morgan fingerprint density at radius 2 is 2.17 bits per heavy atom. The number of nitrogens with zero attached hydrogens (tertiary/aromatic N) is 2. The highest BCUT2D eigenvalue weighted by Crippen LogP contribution is 2.35. The summed E-state index contributed by atoms with van der Waals surface area (Å²) in [6, 6.07) is 0.0785. The van der Waals surface area contributed by atoms with Gasteiger partial charge in [0, 0.05) is 23.8 Å². The van der Waals surface area contributed by atoms with Crippen molar-refractivity contribution in [2.45, 2.75) is 70.5 Å². The van der Waals surface area contributed by atoms with E-state index in [1.807, 2.05) is 13.8 Å². The molecule has 1 heterocycles. The van der Waals surface area contributed by atoms with Crippen LogP contribution in [0.5, 0.6) is 0 Å². The van der Waals surface area contributed by atoms with Gasteiger partial charge in [-0.2, -0.15) is 5.10 Å². The Hall–Kier alpha value is -1.89. The Labute approximate surface area is 141 Å². The molecule has 7 nitrogen and oxygen atoms in total. The van der Waals surface area contributed by atoms with Crippen molar-refractivity contribution in [1.29, 1.82) is 0 Å². The number of carboxylic acids is 1. The molecule has 0 unspecified atom stereocenters. The molecule has 0 aromatic carbocycles. The summed E-state index contributed by atoms with van der Waals surface area (Å²) in [6.45, 7) is 4.83. The maximum atomic E-state index is 12.3. The van der Waals surface area contributed by atoms with Crippen LogP contribution in [0.3, 0.4) is 0 Å². The van der Waals surface area contributed by atoms with Crippen LogP contribution in [0.15, 0.2) is 0 Å². The SMILES string of the molecule is CCOC(=O)C1(N[C@@H]2CCc3c(c(C(=O)O)nn3CC)C2)CCC1. The molecule has 2 N–H and O–H groups in total. The van der Waals surface area contributed by atoms with Crippen LogP contribution in [0, 0.1) is 0 Å². The van der Waals surface area contributed by atoms with Crippen molar-refractivity contribution in [3.05, 3.63) is 17.0 Å².